The van der Waals surface area contributed by atoms with Gasteiger partial charge in [-0.3, -0.25) is 9.78 Å². The van der Waals surface area contributed by atoms with Crippen LogP contribution in [0.1, 0.15) is 34.0 Å². The second-order valence-electron chi connectivity index (χ2n) is 9.99. The fraction of sp³-hybridized carbons (Fsp3) is 0.200. The lowest BCUT2D eigenvalue weighted by Crippen LogP contribution is -2.82. The van der Waals surface area contributed by atoms with E-state index < -0.39 is 23.1 Å². The molecular formula is C30H26F2N5O3S+. The zero-order valence-electron chi connectivity index (χ0n) is 22.1. The number of amides is 1. The zero-order chi connectivity index (χ0) is 28.5. The Morgan fingerprint density at radius 2 is 1.78 bits per heavy atom. The summed E-state index contributed by atoms with van der Waals surface area (Å²) in [4.78, 5) is 33.9. The van der Waals surface area contributed by atoms with E-state index in [9.17, 15) is 14.0 Å². The summed E-state index contributed by atoms with van der Waals surface area (Å²) in [5.74, 6) is -0.720. The fourth-order valence-electron chi connectivity index (χ4n) is 4.91. The number of fused-ring (bicyclic) bond motifs is 1. The highest BCUT2D eigenvalue weighted by atomic mass is 32.1. The number of ether oxygens (including phenoxy) is 1. The molecule has 0 saturated carbocycles. The average Bonchev–Trinajstić information content (AvgIpc) is 3.41. The second kappa shape index (κ2) is 11.3. The average molecular weight is 575 g/mol. The van der Waals surface area contributed by atoms with Gasteiger partial charge in [0, 0.05) is 35.5 Å². The topological polar surface area (TPSA) is 93.9 Å². The van der Waals surface area contributed by atoms with Crippen molar-refractivity contribution in [1.29, 1.82) is 0 Å². The van der Waals surface area contributed by atoms with Gasteiger partial charge in [0.15, 0.2) is 11.6 Å². The standard InChI is InChI=1S/C30H25F2N5O3S/c1-36-14-10-18(11-15-36)27-17-24-28(41-27)26(9-12-33-24)40-25-7-4-20(16-23(25)32)35-29(38)22-8-13-34-37(30(22)39)21-5-2-19(31)3-6-21/h2-9,12-13,16-18H,10-11,14-15H2,1H3,(H,35,38)/p+1. The summed E-state index contributed by atoms with van der Waals surface area (Å²) in [6.07, 6.45) is 5.13. The lowest BCUT2D eigenvalue weighted by Gasteiger charge is -2.28. The van der Waals surface area contributed by atoms with E-state index in [2.05, 4.69) is 28.1 Å². The Balaban J connectivity index is 1.19. The van der Waals surface area contributed by atoms with E-state index in [1.54, 1.807) is 29.7 Å². The van der Waals surface area contributed by atoms with Crippen LogP contribution in [0, 0.1) is 11.6 Å². The molecule has 1 amide bonds. The van der Waals surface area contributed by atoms with Crippen molar-refractivity contribution in [3.8, 4) is 17.2 Å². The normalized spacial score (nSPS) is 14.4. The predicted molar refractivity (Wildman–Crippen MR) is 151 cm³/mol. The Morgan fingerprint density at radius 1 is 1.00 bits per heavy atom. The van der Waals surface area contributed by atoms with Crippen LogP contribution in [0.15, 0.2) is 77.9 Å². The highest BCUT2D eigenvalue weighted by Gasteiger charge is 2.23. The molecule has 208 valence electrons. The van der Waals surface area contributed by atoms with Crippen LogP contribution in [0.3, 0.4) is 0 Å². The summed E-state index contributed by atoms with van der Waals surface area (Å²) in [6, 6.07) is 14.5. The van der Waals surface area contributed by atoms with Crippen molar-refractivity contribution in [3.63, 3.8) is 0 Å². The van der Waals surface area contributed by atoms with E-state index in [0.29, 0.717) is 17.4 Å². The van der Waals surface area contributed by atoms with Gasteiger partial charge in [-0.15, -0.1) is 11.3 Å². The molecule has 2 N–H and O–H groups in total. The minimum absolute atomic E-state index is 0.0129. The molecule has 41 heavy (non-hydrogen) atoms. The van der Waals surface area contributed by atoms with Gasteiger partial charge in [-0.1, -0.05) is 0 Å². The van der Waals surface area contributed by atoms with E-state index in [0.717, 1.165) is 40.8 Å². The number of pyridine rings is 1. The van der Waals surface area contributed by atoms with Crippen molar-refractivity contribution in [3.05, 3.63) is 105 Å². The lowest BCUT2D eigenvalue weighted by atomic mass is 9.95. The van der Waals surface area contributed by atoms with E-state index in [4.69, 9.17) is 4.74 Å². The first-order chi connectivity index (χ1) is 19.9. The molecule has 8 nitrogen and oxygen atoms in total. The van der Waals surface area contributed by atoms with Crippen LogP contribution < -0.4 is 15.6 Å². The molecule has 0 aliphatic carbocycles. The monoisotopic (exact) mass is 574 g/mol. The highest BCUT2D eigenvalue weighted by Crippen LogP contribution is 2.40. The summed E-state index contributed by atoms with van der Waals surface area (Å²) in [5, 5.41) is 5.16. The number of piperidine rings is 1. The van der Waals surface area contributed by atoms with Gasteiger partial charge in [0.25, 0.3) is 5.56 Å². The van der Waals surface area contributed by atoms with Crippen LogP contribution in [0.25, 0.3) is 15.9 Å². The zero-order valence-corrected chi connectivity index (χ0v) is 22.9. The minimum atomic E-state index is -0.668. The number of benzene rings is 2. The second-order valence-corrected chi connectivity index (χ2v) is 11.1. The van der Waals surface area contributed by atoms with E-state index >= 15 is 4.39 Å². The van der Waals surface area contributed by atoms with Crippen LogP contribution >= 0.6 is 11.3 Å². The van der Waals surface area contributed by atoms with Crippen molar-refractivity contribution in [2.24, 2.45) is 0 Å². The Morgan fingerprint density at radius 3 is 2.54 bits per heavy atom. The SMILES string of the molecule is CN1CCC(c2cc3nccc(Oc4ccc([NH2+]C(=O)c5ccnn(-c6ccc(F)cc6)c5=O)cc4F)c3s2)CC1. The molecule has 2 aromatic carbocycles. The first kappa shape index (κ1) is 26.9. The molecule has 0 bridgehead atoms. The molecular weight excluding hydrogens is 548 g/mol. The first-order valence-electron chi connectivity index (χ1n) is 13.1. The number of nitrogens with zero attached hydrogens (tertiary/aromatic N) is 4. The van der Waals surface area contributed by atoms with Crippen LogP contribution in [-0.4, -0.2) is 45.7 Å². The number of rotatable bonds is 6. The number of likely N-dealkylation sites (tertiary alicyclic amines) is 1. The van der Waals surface area contributed by atoms with Crippen LogP contribution in [0.5, 0.6) is 11.5 Å². The number of carbonyl (C=O) groups is 1. The third-order valence-electron chi connectivity index (χ3n) is 7.17. The summed E-state index contributed by atoms with van der Waals surface area (Å²) in [5.41, 5.74) is 0.583. The largest absolute Gasteiger partial charge is 0.453 e. The Hall–Kier alpha value is -4.32. The maximum atomic E-state index is 15.1. The number of thiophene rings is 1. The van der Waals surface area contributed by atoms with E-state index in [-0.39, 0.29) is 17.0 Å². The Bertz CT molecular complexity index is 1800. The molecule has 1 fully saturated rings. The van der Waals surface area contributed by atoms with Gasteiger partial charge in [-0.25, -0.2) is 18.9 Å². The van der Waals surface area contributed by atoms with Gasteiger partial charge < -0.3 is 9.64 Å². The summed E-state index contributed by atoms with van der Waals surface area (Å²) in [6.45, 7) is 2.11. The van der Waals surface area contributed by atoms with Crippen LogP contribution in [0.4, 0.5) is 14.5 Å². The van der Waals surface area contributed by atoms with Crippen molar-refractivity contribution in [1.82, 2.24) is 19.7 Å². The Labute approximate surface area is 237 Å². The van der Waals surface area contributed by atoms with Gasteiger partial charge in [0.05, 0.1) is 15.9 Å². The third-order valence-corrected chi connectivity index (χ3v) is 8.47. The van der Waals surface area contributed by atoms with Crippen molar-refractivity contribution >= 4 is 33.1 Å². The molecule has 0 unspecified atom stereocenters. The van der Waals surface area contributed by atoms with Gasteiger partial charge in [-0.2, -0.15) is 9.78 Å². The number of primary amides is 1. The van der Waals surface area contributed by atoms with Crippen molar-refractivity contribution in [2.75, 3.05) is 20.1 Å². The summed E-state index contributed by atoms with van der Waals surface area (Å²) < 4.78 is 36.3. The predicted octanol–water partition coefficient (Wildman–Crippen LogP) is 4.76. The maximum absolute atomic E-state index is 15.1. The molecule has 0 atom stereocenters. The van der Waals surface area contributed by atoms with Crippen molar-refractivity contribution < 1.29 is 23.6 Å². The number of aromatic nitrogens is 3. The van der Waals surface area contributed by atoms with Gasteiger partial charge >= 0.3 is 5.91 Å². The highest BCUT2D eigenvalue weighted by molar-refractivity contribution is 7.19. The molecule has 1 saturated heterocycles. The smallest absolute Gasteiger partial charge is 0.353 e. The third kappa shape index (κ3) is 5.64. The molecule has 5 aromatic rings. The molecule has 1 aliphatic rings. The molecule has 6 rings (SSSR count). The number of nitrogens with two attached hydrogens (primary N) is 1. The number of halogens is 2. The van der Waals surface area contributed by atoms with Crippen LogP contribution in [0.2, 0.25) is 0 Å². The first-order valence-corrected chi connectivity index (χ1v) is 13.9. The van der Waals surface area contributed by atoms with E-state index in [1.807, 2.05) is 0 Å². The molecule has 1 aliphatic heterocycles. The Kier molecular flexibility index (Phi) is 7.39. The van der Waals surface area contributed by atoms with Gasteiger partial charge in [0.1, 0.15) is 22.8 Å². The van der Waals surface area contributed by atoms with Gasteiger partial charge in [-0.05, 0) is 81.4 Å². The number of carbonyl (C=O) groups excluding carboxylic acids is 1. The molecule has 3 aromatic heterocycles. The van der Waals surface area contributed by atoms with Crippen molar-refractivity contribution in [2.45, 2.75) is 18.8 Å². The van der Waals surface area contributed by atoms with E-state index in [1.165, 1.54) is 58.9 Å². The van der Waals surface area contributed by atoms with Gasteiger partial charge in [0.2, 0.25) is 0 Å². The lowest BCUT2D eigenvalue weighted by molar-refractivity contribution is -0.464. The number of hydrogen-bond donors (Lipinski definition) is 1. The maximum Gasteiger partial charge on any atom is 0.353 e. The molecule has 0 radical (unpaired) electrons. The molecule has 4 heterocycles. The number of quaternary nitrogens is 1. The molecule has 11 heteroatoms. The number of hydrogen-bond acceptors (Lipinski definition) is 7. The fourth-order valence-corrected chi connectivity index (χ4v) is 6.15. The molecule has 0 spiro atoms. The summed E-state index contributed by atoms with van der Waals surface area (Å²) >= 11 is 1.63. The quantitative estimate of drug-likeness (QED) is 0.294. The van der Waals surface area contributed by atoms with Crippen LogP contribution in [-0.2, 0) is 0 Å². The summed E-state index contributed by atoms with van der Waals surface area (Å²) in [7, 11) is 2.13. The minimum Gasteiger partial charge on any atom is -0.453 e.